The van der Waals surface area contributed by atoms with E-state index in [1.165, 1.54) is 12.8 Å². The number of aliphatic hydroxyl groups is 1. The number of hydrogen-bond donors (Lipinski definition) is 2. The van der Waals surface area contributed by atoms with Crippen LogP contribution < -0.4 is 5.32 Å². The zero-order valence-electron chi connectivity index (χ0n) is 11.2. The molecule has 1 aliphatic carbocycles. The lowest BCUT2D eigenvalue weighted by molar-refractivity contribution is 0.0909. The van der Waals surface area contributed by atoms with E-state index < -0.39 is 0 Å². The maximum absolute atomic E-state index is 12.1. The van der Waals surface area contributed by atoms with Crippen molar-refractivity contribution in [1.82, 2.24) is 5.32 Å². The van der Waals surface area contributed by atoms with Gasteiger partial charge >= 0.3 is 0 Å². The molecule has 0 spiro atoms. The van der Waals surface area contributed by atoms with E-state index in [-0.39, 0.29) is 12.5 Å². The molecule has 110 valence electrons. The summed E-state index contributed by atoms with van der Waals surface area (Å²) < 4.78 is 0. The highest BCUT2D eigenvalue weighted by atomic mass is 35.5. The first kappa shape index (κ1) is 15.6. The first-order valence-electron chi connectivity index (χ1n) is 6.96. The third-order valence-electron chi connectivity index (χ3n) is 4.01. The minimum Gasteiger partial charge on any atom is -0.396 e. The minimum atomic E-state index is -0.147. The molecule has 3 nitrogen and oxygen atoms in total. The molecule has 2 rings (SSSR count). The third kappa shape index (κ3) is 3.87. The van der Waals surface area contributed by atoms with E-state index in [1.54, 1.807) is 18.2 Å². The smallest absolute Gasteiger partial charge is 0.251 e. The largest absolute Gasteiger partial charge is 0.396 e. The molecule has 1 aromatic rings. The van der Waals surface area contributed by atoms with Gasteiger partial charge in [-0.25, -0.2) is 0 Å². The van der Waals surface area contributed by atoms with Crippen molar-refractivity contribution in [3.8, 4) is 0 Å². The molecule has 5 heteroatoms. The van der Waals surface area contributed by atoms with Crippen LogP contribution in [0, 0.1) is 11.8 Å². The fourth-order valence-electron chi connectivity index (χ4n) is 2.76. The lowest BCUT2D eigenvalue weighted by Gasteiger charge is -2.30. The summed E-state index contributed by atoms with van der Waals surface area (Å²) in [6.45, 7) is 0.803. The molecule has 1 fully saturated rings. The van der Waals surface area contributed by atoms with Gasteiger partial charge in [0.15, 0.2) is 0 Å². The predicted octanol–water partition coefficient (Wildman–Crippen LogP) is 3.52. The third-order valence-corrected chi connectivity index (χ3v) is 4.75. The van der Waals surface area contributed by atoms with E-state index >= 15 is 0 Å². The van der Waals surface area contributed by atoms with Crippen LogP contribution in [-0.2, 0) is 0 Å². The van der Waals surface area contributed by atoms with Gasteiger partial charge in [-0.2, -0.15) is 0 Å². The number of amides is 1. The number of aliphatic hydroxyl groups excluding tert-OH is 1. The molecular formula is C15H19Cl2NO2. The molecule has 0 radical (unpaired) electrons. The number of rotatable bonds is 4. The topological polar surface area (TPSA) is 49.3 Å². The highest BCUT2D eigenvalue weighted by Gasteiger charge is 2.24. The van der Waals surface area contributed by atoms with Gasteiger partial charge in [0.25, 0.3) is 5.91 Å². The van der Waals surface area contributed by atoms with Crippen LogP contribution in [0.15, 0.2) is 18.2 Å². The number of carbonyl (C=O) groups is 1. The Morgan fingerprint density at radius 1 is 1.20 bits per heavy atom. The standard InChI is InChI=1S/C15H19Cl2NO2/c16-13-6-5-10(7-14(13)17)15(20)18-8-11-3-1-2-4-12(11)9-19/h5-7,11-12,19H,1-4,8-9H2,(H,18,20). The summed E-state index contributed by atoms with van der Waals surface area (Å²) >= 11 is 11.7. The SMILES string of the molecule is O=C(NCC1CCCCC1CO)c1ccc(Cl)c(Cl)c1. The maximum atomic E-state index is 12.1. The Kier molecular flexibility index (Phi) is 5.70. The van der Waals surface area contributed by atoms with E-state index in [9.17, 15) is 9.90 Å². The van der Waals surface area contributed by atoms with Gasteiger partial charge in [-0.15, -0.1) is 0 Å². The van der Waals surface area contributed by atoms with Crippen molar-refractivity contribution in [2.45, 2.75) is 25.7 Å². The lowest BCUT2D eigenvalue weighted by Crippen LogP contribution is -2.35. The van der Waals surface area contributed by atoms with Gasteiger partial charge in [-0.3, -0.25) is 4.79 Å². The van der Waals surface area contributed by atoms with Crippen LogP contribution >= 0.6 is 23.2 Å². The van der Waals surface area contributed by atoms with E-state index in [2.05, 4.69) is 5.32 Å². The fraction of sp³-hybridized carbons (Fsp3) is 0.533. The Bertz CT molecular complexity index is 479. The fourth-order valence-corrected chi connectivity index (χ4v) is 3.05. The second kappa shape index (κ2) is 7.30. The molecule has 0 aliphatic heterocycles. The van der Waals surface area contributed by atoms with Gasteiger partial charge in [0.2, 0.25) is 0 Å². The zero-order chi connectivity index (χ0) is 14.5. The Hall–Kier alpha value is -0.770. The van der Waals surface area contributed by atoms with Crippen molar-refractivity contribution in [2.24, 2.45) is 11.8 Å². The van der Waals surface area contributed by atoms with Crippen molar-refractivity contribution in [2.75, 3.05) is 13.2 Å². The number of benzene rings is 1. The Morgan fingerprint density at radius 2 is 1.90 bits per heavy atom. The summed E-state index contributed by atoms with van der Waals surface area (Å²) in [6.07, 6.45) is 4.45. The van der Waals surface area contributed by atoms with Crippen molar-refractivity contribution < 1.29 is 9.90 Å². The lowest BCUT2D eigenvalue weighted by atomic mass is 9.79. The first-order valence-corrected chi connectivity index (χ1v) is 7.71. The normalized spacial score (nSPS) is 22.6. The average Bonchev–Trinajstić information content (AvgIpc) is 2.47. The Labute approximate surface area is 129 Å². The van der Waals surface area contributed by atoms with Gasteiger partial charge in [-0.05, 0) is 42.9 Å². The summed E-state index contributed by atoms with van der Waals surface area (Å²) in [5, 5.41) is 13.1. The summed E-state index contributed by atoms with van der Waals surface area (Å²) in [6, 6.07) is 4.85. The van der Waals surface area contributed by atoms with Crippen LogP contribution in [0.4, 0.5) is 0 Å². The van der Waals surface area contributed by atoms with Crippen molar-refractivity contribution in [3.63, 3.8) is 0 Å². The monoisotopic (exact) mass is 315 g/mol. The van der Waals surface area contributed by atoms with Crippen LogP contribution in [0.25, 0.3) is 0 Å². The highest BCUT2D eigenvalue weighted by Crippen LogP contribution is 2.29. The molecular weight excluding hydrogens is 297 g/mol. The van der Waals surface area contributed by atoms with E-state index in [4.69, 9.17) is 23.2 Å². The van der Waals surface area contributed by atoms with Gasteiger partial charge < -0.3 is 10.4 Å². The van der Waals surface area contributed by atoms with E-state index in [1.807, 2.05) is 0 Å². The molecule has 1 aliphatic rings. The average molecular weight is 316 g/mol. The zero-order valence-corrected chi connectivity index (χ0v) is 12.8. The van der Waals surface area contributed by atoms with Gasteiger partial charge in [0, 0.05) is 18.7 Å². The van der Waals surface area contributed by atoms with Crippen molar-refractivity contribution in [1.29, 1.82) is 0 Å². The van der Waals surface area contributed by atoms with E-state index in [0.29, 0.717) is 34.0 Å². The Balaban J connectivity index is 1.92. The molecule has 0 heterocycles. The highest BCUT2D eigenvalue weighted by molar-refractivity contribution is 6.42. The number of hydrogen-bond acceptors (Lipinski definition) is 2. The molecule has 2 atom stereocenters. The van der Waals surface area contributed by atoms with Crippen molar-refractivity contribution in [3.05, 3.63) is 33.8 Å². The summed E-state index contributed by atoms with van der Waals surface area (Å²) in [5.74, 6) is 0.518. The van der Waals surface area contributed by atoms with Gasteiger partial charge in [0.05, 0.1) is 10.0 Å². The molecule has 1 aromatic carbocycles. The van der Waals surface area contributed by atoms with Crippen LogP contribution in [-0.4, -0.2) is 24.2 Å². The number of halogens is 2. The molecule has 20 heavy (non-hydrogen) atoms. The van der Waals surface area contributed by atoms with E-state index in [0.717, 1.165) is 12.8 Å². The number of carbonyl (C=O) groups excluding carboxylic acids is 1. The maximum Gasteiger partial charge on any atom is 0.251 e. The van der Waals surface area contributed by atoms with Crippen molar-refractivity contribution >= 4 is 29.1 Å². The quantitative estimate of drug-likeness (QED) is 0.893. The first-order chi connectivity index (χ1) is 9.61. The van der Waals surface area contributed by atoms with Crippen LogP contribution in [0.5, 0.6) is 0 Å². The van der Waals surface area contributed by atoms with Gasteiger partial charge in [-0.1, -0.05) is 36.0 Å². The second-order valence-electron chi connectivity index (χ2n) is 5.33. The molecule has 2 N–H and O–H groups in total. The van der Waals surface area contributed by atoms with Crippen LogP contribution in [0.1, 0.15) is 36.0 Å². The summed E-state index contributed by atoms with van der Waals surface area (Å²) in [4.78, 5) is 12.1. The summed E-state index contributed by atoms with van der Waals surface area (Å²) in [5.41, 5.74) is 0.510. The molecule has 1 amide bonds. The van der Waals surface area contributed by atoms with Crippen LogP contribution in [0.3, 0.4) is 0 Å². The minimum absolute atomic E-state index is 0.147. The second-order valence-corrected chi connectivity index (χ2v) is 6.14. The van der Waals surface area contributed by atoms with Gasteiger partial charge in [0.1, 0.15) is 0 Å². The molecule has 0 saturated heterocycles. The molecule has 2 unspecified atom stereocenters. The Morgan fingerprint density at radius 3 is 2.55 bits per heavy atom. The van der Waals surface area contributed by atoms with Crippen LogP contribution in [0.2, 0.25) is 10.0 Å². The predicted molar refractivity (Wildman–Crippen MR) is 81.3 cm³/mol. The number of nitrogens with one attached hydrogen (secondary N) is 1. The molecule has 1 saturated carbocycles. The molecule has 0 bridgehead atoms. The summed E-state index contributed by atoms with van der Waals surface area (Å²) in [7, 11) is 0. The molecule has 0 aromatic heterocycles.